The molecule has 2 unspecified atom stereocenters. The second kappa shape index (κ2) is 6.44. The monoisotopic (exact) mass is 356 g/mol. The summed E-state index contributed by atoms with van der Waals surface area (Å²) in [5.74, 6) is -1.10. The van der Waals surface area contributed by atoms with E-state index in [0.717, 1.165) is 10.0 Å². The number of urea groups is 1. The molecule has 3 atom stereocenters. The first-order chi connectivity index (χ1) is 9.88. The molecule has 2 rings (SSSR count). The van der Waals surface area contributed by atoms with Crippen LogP contribution in [0.25, 0.3) is 0 Å². The molecule has 7 heteroatoms. The van der Waals surface area contributed by atoms with Gasteiger partial charge in [0.15, 0.2) is 0 Å². The Morgan fingerprint density at radius 2 is 2.00 bits per heavy atom. The zero-order valence-electron chi connectivity index (χ0n) is 11.5. The van der Waals surface area contributed by atoms with Gasteiger partial charge in [-0.1, -0.05) is 28.1 Å². The molecule has 2 amide bonds. The van der Waals surface area contributed by atoms with Crippen LogP contribution in [-0.4, -0.2) is 45.8 Å². The Hall–Kier alpha value is -1.60. The van der Waals surface area contributed by atoms with Crippen LogP contribution >= 0.6 is 15.9 Å². The minimum atomic E-state index is -1.10. The van der Waals surface area contributed by atoms with Gasteiger partial charge in [0, 0.05) is 17.4 Å². The quantitative estimate of drug-likeness (QED) is 0.769. The smallest absolute Gasteiger partial charge is 0.326 e. The zero-order valence-corrected chi connectivity index (χ0v) is 13.1. The lowest BCUT2D eigenvalue weighted by molar-refractivity contribution is -0.141. The van der Waals surface area contributed by atoms with Crippen molar-refractivity contribution < 1.29 is 19.8 Å². The van der Waals surface area contributed by atoms with Crippen LogP contribution in [0.2, 0.25) is 0 Å². The summed E-state index contributed by atoms with van der Waals surface area (Å²) in [5.41, 5.74) is 0.915. The van der Waals surface area contributed by atoms with Gasteiger partial charge in [0.05, 0.1) is 12.1 Å². The van der Waals surface area contributed by atoms with E-state index in [2.05, 4.69) is 21.2 Å². The lowest BCUT2D eigenvalue weighted by Crippen LogP contribution is -2.46. The minimum Gasteiger partial charge on any atom is -0.480 e. The molecule has 1 aliphatic rings. The first kappa shape index (κ1) is 15.8. The third kappa shape index (κ3) is 3.74. The molecule has 0 aliphatic carbocycles. The minimum absolute atomic E-state index is 0.0376. The van der Waals surface area contributed by atoms with E-state index in [1.165, 1.54) is 4.90 Å². The maximum atomic E-state index is 12.2. The van der Waals surface area contributed by atoms with Crippen LogP contribution in [0.5, 0.6) is 0 Å². The third-order valence-corrected chi connectivity index (χ3v) is 4.06. The number of carbonyl (C=O) groups excluding carboxylic acids is 1. The van der Waals surface area contributed by atoms with Gasteiger partial charge in [0.1, 0.15) is 6.04 Å². The number of aliphatic carboxylic acids is 1. The molecule has 6 nitrogen and oxygen atoms in total. The van der Waals surface area contributed by atoms with Crippen molar-refractivity contribution in [1.29, 1.82) is 0 Å². The fraction of sp³-hybridized carbons (Fsp3) is 0.429. The average molecular weight is 357 g/mol. The summed E-state index contributed by atoms with van der Waals surface area (Å²) in [7, 11) is 0. The Labute approximate surface area is 130 Å². The van der Waals surface area contributed by atoms with Crippen LogP contribution in [0.3, 0.4) is 0 Å². The number of halogens is 1. The largest absolute Gasteiger partial charge is 0.480 e. The summed E-state index contributed by atoms with van der Waals surface area (Å²) in [6, 6.07) is 5.80. The number of carbonyl (C=O) groups is 2. The first-order valence-electron chi connectivity index (χ1n) is 6.62. The fourth-order valence-electron chi connectivity index (χ4n) is 2.38. The molecule has 0 bridgehead atoms. The topological polar surface area (TPSA) is 89.9 Å². The van der Waals surface area contributed by atoms with Crippen LogP contribution in [-0.2, 0) is 4.79 Å². The van der Waals surface area contributed by atoms with Gasteiger partial charge in [-0.05, 0) is 24.6 Å². The van der Waals surface area contributed by atoms with E-state index in [1.54, 1.807) is 0 Å². The number of benzene rings is 1. The standard InChI is InChI=1S/C14H17BrN2O4/c1-8(9-2-4-10(15)5-3-9)16-14(21)17-7-11(18)6-12(17)13(19)20/h2-5,8,11-12,18H,6-7H2,1H3,(H,16,21)(H,19,20)/t8?,11?,12-/m0/s1. The highest BCUT2D eigenvalue weighted by Gasteiger charge is 2.39. The second-order valence-corrected chi connectivity index (χ2v) is 6.03. The number of nitrogens with zero attached hydrogens (tertiary/aromatic N) is 1. The zero-order chi connectivity index (χ0) is 15.6. The average Bonchev–Trinajstić information content (AvgIpc) is 2.82. The van der Waals surface area contributed by atoms with E-state index in [4.69, 9.17) is 5.11 Å². The van der Waals surface area contributed by atoms with E-state index >= 15 is 0 Å². The number of rotatable bonds is 3. The van der Waals surface area contributed by atoms with E-state index in [9.17, 15) is 14.7 Å². The molecule has 0 spiro atoms. The molecule has 1 aromatic rings. The van der Waals surface area contributed by atoms with E-state index in [-0.39, 0.29) is 19.0 Å². The van der Waals surface area contributed by atoms with Gasteiger partial charge >= 0.3 is 12.0 Å². The number of β-amino-alcohol motifs (C(OH)–C–C–N with tert-alkyl or cyclic N) is 1. The molecule has 0 saturated carbocycles. The number of hydrogen-bond acceptors (Lipinski definition) is 3. The third-order valence-electron chi connectivity index (χ3n) is 3.53. The number of carboxylic acid groups (broad SMARTS) is 1. The molecule has 1 saturated heterocycles. The van der Waals surface area contributed by atoms with Crippen molar-refractivity contribution in [1.82, 2.24) is 10.2 Å². The molecule has 0 aromatic heterocycles. The molecule has 0 radical (unpaired) electrons. The summed E-state index contributed by atoms with van der Waals surface area (Å²) in [6.07, 6.45) is -0.727. The number of likely N-dealkylation sites (tertiary alicyclic amines) is 1. The summed E-state index contributed by atoms with van der Waals surface area (Å²) in [4.78, 5) is 24.5. The normalized spacial score (nSPS) is 22.9. The van der Waals surface area contributed by atoms with E-state index in [1.807, 2.05) is 31.2 Å². The SMILES string of the molecule is CC(NC(=O)N1CC(O)C[C@H]1C(=O)O)c1ccc(Br)cc1. The Morgan fingerprint density at radius 3 is 2.57 bits per heavy atom. The molecule has 114 valence electrons. The second-order valence-electron chi connectivity index (χ2n) is 5.12. The van der Waals surface area contributed by atoms with Gasteiger partial charge in [0.2, 0.25) is 0 Å². The maximum Gasteiger partial charge on any atom is 0.326 e. The van der Waals surface area contributed by atoms with Gasteiger partial charge < -0.3 is 20.4 Å². The number of hydrogen-bond donors (Lipinski definition) is 3. The van der Waals surface area contributed by atoms with E-state index < -0.39 is 24.1 Å². The highest BCUT2D eigenvalue weighted by atomic mass is 79.9. The molecule has 3 N–H and O–H groups in total. The highest BCUT2D eigenvalue weighted by Crippen LogP contribution is 2.20. The van der Waals surface area contributed by atoms with Gasteiger partial charge in [0.25, 0.3) is 0 Å². The summed E-state index contributed by atoms with van der Waals surface area (Å²) in [6.45, 7) is 1.86. The molecular formula is C14H17BrN2O4. The van der Waals surface area contributed by atoms with Crippen molar-refractivity contribution in [2.45, 2.75) is 31.5 Å². The van der Waals surface area contributed by atoms with Crippen molar-refractivity contribution >= 4 is 27.9 Å². The molecule has 1 heterocycles. The van der Waals surface area contributed by atoms with Crippen LogP contribution < -0.4 is 5.32 Å². The number of nitrogens with one attached hydrogen (secondary N) is 1. The van der Waals surface area contributed by atoms with Crippen molar-refractivity contribution in [3.05, 3.63) is 34.3 Å². The highest BCUT2D eigenvalue weighted by molar-refractivity contribution is 9.10. The molecule has 1 fully saturated rings. The van der Waals surface area contributed by atoms with Crippen molar-refractivity contribution in [3.8, 4) is 0 Å². The molecular weight excluding hydrogens is 340 g/mol. The maximum absolute atomic E-state index is 12.2. The van der Waals surface area contributed by atoms with Gasteiger partial charge in [-0.15, -0.1) is 0 Å². The predicted molar refractivity (Wildman–Crippen MR) is 79.8 cm³/mol. The Bertz CT molecular complexity index is 534. The van der Waals surface area contributed by atoms with Crippen molar-refractivity contribution in [2.24, 2.45) is 0 Å². The van der Waals surface area contributed by atoms with Gasteiger partial charge in [-0.3, -0.25) is 0 Å². The molecule has 1 aliphatic heterocycles. The fourth-order valence-corrected chi connectivity index (χ4v) is 2.64. The summed E-state index contributed by atoms with van der Waals surface area (Å²) >= 11 is 3.34. The van der Waals surface area contributed by atoms with Crippen molar-refractivity contribution in [2.75, 3.05) is 6.54 Å². The Morgan fingerprint density at radius 1 is 1.38 bits per heavy atom. The lowest BCUT2D eigenvalue weighted by Gasteiger charge is -2.24. The number of carboxylic acids is 1. The number of aliphatic hydroxyl groups is 1. The summed E-state index contributed by atoms with van der Waals surface area (Å²) < 4.78 is 0.943. The molecule has 1 aromatic carbocycles. The van der Waals surface area contributed by atoms with E-state index in [0.29, 0.717) is 0 Å². The van der Waals surface area contributed by atoms with Crippen molar-refractivity contribution in [3.63, 3.8) is 0 Å². The van der Waals surface area contributed by atoms with Gasteiger partial charge in [-0.25, -0.2) is 9.59 Å². The Kier molecular flexibility index (Phi) is 4.84. The number of amides is 2. The first-order valence-corrected chi connectivity index (χ1v) is 7.41. The van der Waals surface area contributed by atoms with Crippen LogP contribution in [0, 0.1) is 0 Å². The Balaban J connectivity index is 2.03. The van der Waals surface area contributed by atoms with Crippen LogP contribution in [0.4, 0.5) is 4.79 Å². The lowest BCUT2D eigenvalue weighted by atomic mass is 10.1. The molecule has 21 heavy (non-hydrogen) atoms. The summed E-state index contributed by atoms with van der Waals surface area (Å²) in [5, 5.41) is 21.4. The number of aliphatic hydroxyl groups excluding tert-OH is 1. The van der Waals surface area contributed by atoms with Gasteiger partial charge in [-0.2, -0.15) is 0 Å². The van der Waals surface area contributed by atoms with Crippen LogP contribution in [0.15, 0.2) is 28.7 Å². The predicted octanol–water partition coefficient (Wildman–Crippen LogP) is 1.74. The van der Waals surface area contributed by atoms with Crippen LogP contribution in [0.1, 0.15) is 24.9 Å².